The molecule has 0 saturated carbocycles. The molecule has 0 aliphatic rings. The summed E-state index contributed by atoms with van der Waals surface area (Å²) in [6.45, 7) is 0. The molecule has 4 heteroatoms. The van der Waals surface area contributed by atoms with Crippen LogP contribution in [0.3, 0.4) is 0 Å². The zero-order chi connectivity index (χ0) is 10.1. The molecule has 0 bridgehead atoms. The van der Waals surface area contributed by atoms with Crippen molar-refractivity contribution in [1.82, 2.24) is 4.98 Å². The number of rotatable bonds is 1. The van der Waals surface area contributed by atoms with Crippen molar-refractivity contribution in [3.05, 3.63) is 33.9 Å². The topological polar surface area (TPSA) is 24.9 Å². The highest BCUT2D eigenvalue weighted by molar-refractivity contribution is 9.10. The van der Waals surface area contributed by atoms with Gasteiger partial charge < -0.3 is 5.32 Å². The van der Waals surface area contributed by atoms with Crippen LogP contribution in [0.1, 0.15) is 0 Å². The Morgan fingerprint density at radius 2 is 2.14 bits per heavy atom. The van der Waals surface area contributed by atoms with Crippen molar-refractivity contribution in [3.63, 3.8) is 0 Å². The van der Waals surface area contributed by atoms with Crippen LogP contribution in [0.25, 0.3) is 10.9 Å². The maximum absolute atomic E-state index is 5.98. The van der Waals surface area contributed by atoms with Crippen LogP contribution < -0.4 is 5.32 Å². The summed E-state index contributed by atoms with van der Waals surface area (Å²) in [7, 11) is 1.89. The zero-order valence-corrected chi connectivity index (χ0v) is 9.85. The Balaban J connectivity index is 2.86. The maximum atomic E-state index is 5.98. The van der Waals surface area contributed by atoms with Crippen LogP contribution >= 0.6 is 27.5 Å². The monoisotopic (exact) mass is 270 g/mol. The fourth-order valence-corrected chi connectivity index (χ4v) is 1.98. The quantitative estimate of drug-likeness (QED) is 0.855. The highest BCUT2D eigenvalue weighted by Crippen LogP contribution is 2.32. The number of hydrogen-bond acceptors (Lipinski definition) is 2. The van der Waals surface area contributed by atoms with E-state index in [1.165, 1.54) is 0 Å². The molecule has 2 rings (SSSR count). The normalized spacial score (nSPS) is 10.5. The van der Waals surface area contributed by atoms with E-state index < -0.39 is 0 Å². The molecule has 0 aliphatic carbocycles. The SMILES string of the molecule is CNc1ccnc2c(Br)c(Cl)ccc12. The lowest BCUT2D eigenvalue weighted by molar-refractivity contribution is 1.39. The van der Waals surface area contributed by atoms with Crippen molar-refractivity contribution in [2.75, 3.05) is 12.4 Å². The number of nitrogens with one attached hydrogen (secondary N) is 1. The number of aromatic nitrogens is 1. The summed E-state index contributed by atoms with van der Waals surface area (Å²) < 4.78 is 0.841. The Hall–Kier alpha value is -0.800. The number of benzene rings is 1. The molecule has 0 unspecified atom stereocenters. The van der Waals surface area contributed by atoms with Crippen molar-refractivity contribution in [2.24, 2.45) is 0 Å². The molecule has 1 aromatic carbocycles. The summed E-state index contributed by atoms with van der Waals surface area (Å²) in [4.78, 5) is 4.28. The van der Waals surface area contributed by atoms with Crippen molar-refractivity contribution in [2.45, 2.75) is 0 Å². The molecule has 1 heterocycles. The first kappa shape index (κ1) is 9.74. The average Bonchev–Trinajstić information content (AvgIpc) is 2.23. The van der Waals surface area contributed by atoms with Crippen molar-refractivity contribution in [1.29, 1.82) is 0 Å². The summed E-state index contributed by atoms with van der Waals surface area (Å²) in [5.41, 5.74) is 1.93. The van der Waals surface area contributed by atoms with Gasteiger partial charge in [-0.3, -0.25) is 4.98 Å². The van der Waals surface area contributed by atoms with E-state index in [0.29, 0.717) is 5.02 Å². The Labute approximate surface area is 95.4 Å². The van der Waals surface area contributed by atoms with Gasteiger partial charge >= 0.3 is 0 Å². The molecule has 2 aromatic rings. The lowest BCUT2D eigenvalue weighted by Gasteiger charge is -2.06. The second-order valence-electron chi connectivity index (χ2n) is 2.87. The second-order valence-corrected chi connectivity index (χ2v) is 4.07. The first-order valence-corrected chi connectivity index (χ1v) is 5.31. The van der Waals surface area contributed by atoms with Gasteiger partial charge in [-0.1, -0.05) is 11.6 Å². The molecule has 0 atom stereocenters. The minimum atomic E-state index is 0.679. The lowest BCUT2D eigenvalue weighted by Crippen LogP contribution is -1.91. The number of hydrogen-bond donors (Lipinski definition) is 1. The van der Waals surface area contributed by atoms with Gasteiger partial charge in [0.25, 0.3) is 0 Å². The fourth-order valence-electron chi connectivity index (χ4n) is 1.38. The number of pyridine rings is 1. The van der Waals surface area contributed by atoms with Crippen molar-refractivity contribution >= 4 is 44.1 Å². The molecule has 2 nitrogen and oxygen atoms in total. The molecule has 1 aromatic heterocycles. The van der Waals surface area contributed by atoms with Crippen LogP contribution in [-0.2, 0) is 0 Å². The second kappa shape index (κ2) is 3.75. The molecule has 0 fully saturated rings. The predicted octanol–water partition coefficient (Wildman–Crippen LogP) is 3.69. The molecular formula is C10H8BrClN2. The minimum absolute atomic E-state index is 0.679. The van der Waals surface area contributed by atoms with Gasteiger partial charge in [0, 0.05) is 24.3 Å². The van der Waals surface area contributed by atoms with E-state index in [-0.39, 0.29) is 0 Å². The largest absolute Gasteiger partial charge is 0.388 e. The molecule has 0 aliphatic heterocycles. The summed E-state index contributed by atoms with van der Waals surface area (Å²) in [6, 6.07) is 5.75. The molecule has 0 saturated heterocycles. The third-order valence-electron chi connectivity index (χ3n) is 2.07. The number of anilines is 1. The Bertz CT molecular complexity index is 485. The zero-order valence-electron chi connectivity index (χ0n) is 7.51. The van der Waals surface area contributed by atoms with Crippen molar-refractivity contribution < 1.29 is 0 Å². The highest BCUT2D eigenvalue weighted by Gasteiger charge is 2.06. The van der Waals surface area contributed by atoms with E-state index in [1.54, 1.807) is 6.20 Å². The summed E-state index contributed by atoms with van der Waals surface area (Å²) in [5, 5.41) is 4.85. The average molecular weight is 272 g/mol. The molecule has 0 radical (unpaired) electrons. The van der Waals surface area contributed by atoms with Gasteiger partial charge in [0.2, 0.25) is 0 Å². The highest BCUT2D eigenvalue weighted by atomic mass is 79.9. The summed E-state index contributed by atoms with van der Waals surface area (Å²) in [6.07, 6.45) is 1.76. The van der Waals surface area contributed by atoms with E-state index in [0.717, 1.165) is 21.1 Å². The first-order valence-electron chi connectivity index (χ1n) is 4.14. The number of halogens is 2. The van der Waals surface area contributed by atoms with Gasteiger partial charge in [0.1, 0.15) is 0 Å². The summed E-state index contributed by atoms with van der Waals surface area (Å²) in [5.74, 6) is 0. The predicted molar refractivity (Wildman–Crippen MR) is 64.0 cm³/mol. The Morgan fingerprint density at radius 1 is 1.36 bits per heavy atom. The van der Waals surface area contributed by atoms with Gasteiger partial charge in [-0.25, -0.2) is 0 Å². The van der Waals surface area contributed by atoms with Gasteiger partial charge in [-0.15, -0.1) is 0 Å². The number of fused-ring (bicyclic) bond motifs is 1. The molecule has 0 spiro atoms. The van der Waals surface area contributed by atoms with Crippen LogP contribution in [0.4, 0.5) is 5.69 Å². The molecule has 72 valence electrons. The van der Waals surface area contributed by atoms with Crippen LogP contribution in [-0.4, -0.2) is 12.0 Å². The third kappa shape index (κ3) is 1.47. The van der Waals surface area contributed by atoms with E-state index in [9.17, 15) is 0 Å². The van der Waals surface area contributed by atoms with Gasteiger partial charge in [0.05, 0.1) is 15.0 Å². The standard InChI is InChI=1S/C10H8BrClN2/c1-13-8-4-5-14-10-6(8)2-3-7(12)9(10)11/h2-5H,1H3,(H,13,14). The smallest absolute Gasteiger partial charge is 0.0879 e. The Kier molecular flexibility index (Phi) is 2.61. The van der Waals surface area contributed by atoms with Gasteiger partial charge in [-0.2, -0.15) is 0 Å². The third-order valence-corrected chi connectivity index (χ3v) is 3.42. The van der Waals surface area contributed by atoms with E-state index in [1.807, 2.05) is 25.2 Å². The van der Waals surface area contributed by atoms with E-state index >= 15 is 0 Å². The van der Waals surface area contributed by atoms with Crippen LogP contribution in [0.2, 0.25) is 5.02 Å². The molecule has 14 heavy (non-hydrogen) atoms. The van der Waals surface area contributed by atoms with Crippen molar-refractivity contribution in [3.8, 4) is 0 Å². The minimum Gasteiger partial charge on any atom is -0.388 e. The maximum Gasteiger partial charge on any atom is 0.0879 e. The van der Waals surface area contributed by atoms with Gasteiger partial charge in [-0.05, 0) is 34.1 Å². The van der Waals surface area contributed by atoms with E-state index in [4.69, 9.17) is 11.6 Å². The summed E-state index contributed by atoms with van der Waals surface area (Å²) >= 11 is 9.40. The first-order chi connectivity index (χ1) is 6.74. The fraction of sp³-hybridized carbons (Fsp3) is 0.100. The lowest BCUT2D eigenvalue weighted by atomic mass is 10.2. The Morgan fingerprint density at radius 3 is 2.86 bits per heavy atom. The van der Waals surface area contributed by atoms with Crippen LogP contribution in [0.5, 0.6) is 0 Å². The van der Waals surface area contributed by atoms with Gasteiger partial charge in [0.15, 0.2) is 0 Å². The molecule has 1 N–H and O–H groups in total. The van der Waals surface area contributed by atoms with E-state index in [2.05, 4.69) is 26.2 Å². The molecule has 0 amide bonds. The van der Waals surface area contributed by atoms with Crippen LogP contribution in [0, 0.1) is 0 Å². The number of nitrogens with zero attached hydrogens (tertiary/aromatic N) is 1. The molecular weight excluding hydrogens is 263 g/mol. The van der Waals surface area contributed by atoms with Crippen LogP contribution in [0.15, 0.2) is 28.9 Å².